The van der Waals surface area contributed by atoms with Crippen LogP contribution >= 0.6 is 0 Å². The van der Waals surface area contributed by atoms with Crippen LogP contribution in [0, 0.1) is 17.3 Å². The van der Waals surface area contributed by atoms with Crippen molar-refractivity contribution >= 4 is 5.78 Å². The van der Waals surface area contributed by atoms with Gasteiger partial charge in [-0.05, 0) is 55.4 Å². The molecule has 0 N–H and O–H groups in total. The van der Waals surface area contributed by atoms with Crippen LogP contribution in [-0.2, 0) is 4.79 Å². The summed E-state index contributed by atoms with van der Waals surface area (Å²) in [6, 6.07) is 0. The minimum Gasteiger partial charge on any atom is -0.295 e. The second-order valence-corrected chi connectivity index (χ2v) is 4.96. The summed E-state index contributed by atoms with van der Waals surface area (Å²) in [5.74, 6) is 2.21. The maximum atomic E-state index is 11.2. The first-order chi connectivity index (χ1) is 6.31. The molecule has 2 fully saturated rings. The van der Waals surface area contributed by atoms with Crippen molar-refractivity contribution in [3.05, 3.63) is 12.2 Å². The van der Waals surface area contributed by atoms with Crippen molar-refractivity contribution in [1.82, 2.24) is 0 Å². The first-order valence-electron chi connectivity index (χ1n) is 5.53. The summed E-state index contributed by atoms with van der Waals surface area (Å²) in [7, 11) is 0. The van der Waals surface area contributed by atoms with Crippen molar-refractivity contribution in [2.45, 2.75) is 38.5 Å². The van der Waals surface area contributed by atoms with Gasteiger partial charge in [-0.15, -0.1) is 0 Å². The average molecular weight is 176 g/mol. The van der Waals surface area contributed by atoms with Crippen LogP contribution in [0.25, 0.3) is 0 Å². The molecule has 0 aliphatic heterocycles. The SMILES string of the molecule is O=C1C=CC(C2CC2)(C2CC2)CC1. The van der Waals surface area contributed by atoms with E-state index in [0.29, 0.717) is 11.2 Å². The van der Waals surface area contributed by atoms with Crippen molar-refractivity contribution in [3.63, 3.8) is 0 Å². The molecule has 2 saturated carbocycles. The molecule has 0 atom stereocenters. The van der Waals surface area contributed by atoms with E-state index < -0.39 is 0 Å². The Labute approximate surface area is 79.2 Å². The second kappa shape index (κ2) is 2.46. The lowest BCUT2D eigenvalue weighted by Gasteiger charge is -2.33. The van der Waals surface area contributed by atoms with E-state index in [1.165, 1.54) is 25.7 Å². The number of hydrogen-bond acceptors (Lipinski definition) is 1. The van der Waals surface area contributed by atoms with Crippen LogP contribution in [0.2, 0.25) is 0 Å². The molecule has 0 bridgehead atoms. The molecule has 0 heterocycles. The molecule has 0 saturated heterocycles. The van der Waals surface area contributed by atoms with Gasteiger partial charge in [0.2, 0.25) is 0 Å². The Morgan fingerprint density at radius 1 is 1.15 bits per heavy atom. The first kappa shape index (κ1) is 7.78. The van der Waals surface area contributed by atoms with Gasteiger partial charge in [0.1, 0.15) is 0 Å². The Morgan fingerprint density at radius 2 is 1.77 bits per heavy atom. The number of carbonyl (C=O) groups excluding carboxylic acids is 1. The molecule has 0 spiro atoms. The highest BCUT2D eigenvalue weighted by molar-refractivity contribution is 5.90. The smallest absolute Gasteiger partial charge is 0.155 e. The maximum absolute atomic E-state index is 11.2. The Morgan fingerprint density at radius 3 is 2.15 bits per heavy atom. The predicted octanol–water partition coefficient (Wildman–Crippen LogP) is 2.71. The Balaban J connectivity index is 1.89. The molecule has 70 valence electrons. The van der Waals surface area contributed by atoms with Gasteiger partial charge < -0.3 is 0 Å². The molecule has 1 heteroatoms. The van der Waals surface area contributed by atoms with E-state index in [0.717, 1.165) is 24.7 Å². The van der Waals surface area contributed by atoms with Crippen molar-refractivity contribution in [2.75, 3.05) is 0 Å². The molecule has 0 unspecified atom stereocenters. The number of allylic oxidation sites excluding steroid dienone is 2. The third kappa shape index (κ3) is 1.17. The van der Waals surface area contributed by atoms with E-state index in [-0.39, 0.29) is 0 Å². The predicted molar refractivity (Wildman–Crippen MR) is 51.3 cm³/mol. The molecule has 1 nitrogen and oxygen atoms in total. The van der Waals surface area contributed by atoms with Crippen LogP contribution in [0.15, 0.2) is 12.2 Å². The number of hydrogen-bond donors (Lipinski definition) is 0. The van der Waals surface area contributed by atoms with Gasteiger partial charge in [-0.1, -0.05) is 6.08 Å². The maximum Gasteiger partial charge on any atom is 0.155 e. The number of ketones is 1. The average Bonchev–Trinajstić information content (AvgIpc) is 3.01. The summed E-state index contributed by atoms with van der Waals surface area (Å²) in [4.78, 5) is 11.2. The zero-order valence-corrected chi connectivity index (χ0v) is 7.96. The summed E-state index contributed by atoms with van der Waals surface area (Å²) >= 11 is 0. The highest BCUT2D eigenvalue weighted by Crippen LogP contribution is 2.61. The van der Waals surface area contributed by atoms with Crippen LogP contribution in [-0.4, -0.2) is 5.78 Å². The molecule has 3 aliphatic carbocycles. The minimum atomic E-state index is 0.344. The summed E-state index contributed by atoms with van der Waals surface area (Å²) in [6.07, 6.45) is 11.7. The molecule has 0 amide bonds. The lowest BCUT2D eigenvalue weighted by Crippen LogP contribution is -2.27. The third-order valence-corrected chi connectivity index (χ3v) is 4.06. The van der Waals surface area contributed by atoms with Gasteiger partial charge in [0, 0.05) is 6.42 Å². The van der Waals surface area contributed by atoms with Gasteiger partial charge in [-0.3, -0.25) is 4.79 Å². The number of carbonyl (C=O) groups is 1. The van der Waals surface area contributed by atoms with E-state index in [4.69, 9.17) is 0 Å². The van der Waals surface area contributed by atoms with Gasteiger partial charge in [-0.25, -0.2) is 0 Å². The summed E-state index contributed by atoms with van der Waals surface area (Å²) in [5, 5.41) is 0. The molecular weight excluding hydrogens is 160 g/mol. The fourth-order valence-corrected chi connectivity index (χ4v) is 3.01. The fourth-order valence-electron chi connectivity index (χ4n) is 3.01. The zero-order valence-electron chi connectivity index (χ0n) is 7.96. The highest BCUT2D eigenvalue weighted by atomic mass is 16.1. The van der Waals surface area contributed by atoms with Crippen molar-refractivity contribution in [2.24, 2.45) is 17.3 Å². The molecule has 3 rings (SSSR count). The van der Waals surface area contributed by atoms with Crippen molar-refractivity contribution < 1.29 is 4.79 Å². The van der Waals surface area contributed by atoms with E-state index in [9.17, 15) is 4.79 Å². The topological polar surface area (TPSA) is 17.1 Å². The zero-order chi connectivity index (χ0) is 8.89. The lowest BCUT2D eigenvalue weighted by atomic mass is 9.71. The summed E-state index contributed by atoms with van der Waals surface area (Å²) < 4.78 is 0. The molecule has 0 aromatic carbocycles. The fraction of sp³-hybridized carbons (Fsp3) is 0.750. The minimum absolute atomic E-state index is 0.344. The third-order valence-electron chi connectivity index (χ3n) is 4.06. The Bertz CT molecular complexity index is 257. The van der Waals surface area contributed by atoms with Gasteiger partial charge >= 0.3 is 0 Å². The van der Waals surface area contributed by atoms with E-state index in [2.05, 4.69) is 6.08 Å². The van der Waals surface area contributed by atoms with Crippen LogP contribution in [0.4, 0.5) is 0 Å². The van der Waals surface area contributed by atoms with Gasteiger partial charge in [0.05, 0.1) is 0 Å². The summed E-state index contributed by atoms with van der Waals surface area (Å²) in [6.45, 7) is 0. The molecular formula is C12H16O. The molecule has 0 aromatic rings. The molecule has 3 aliphatic rings. The standard InChI is InChI=1S/C12H16O/c13-11-5-7-12(8-6-11,9-1-2-9)10-3-4-10/h5,7,9-10H,1-4,6,8H2. The second-order valence-electron chi connectivity index (χ2n) is 4.96. The quantitative estimate of drug-likeness (QED) is 0.632. The van der Waals surface area contributed by atoms with Crippen molar-refractivity contribution in [1.29, 1.82) is 0 Å². The monoisotopic (exact) mass is 176 g/mol. The van der Waals surface area contributed by atoms with E-state index in [1.54, 1.807) is 0 Å². The number of rotatable bonds is 2. The lowest BCUT2D eigenvalue weighted by molar-refractivity contribution is -0.115. The van der Waals surface area contributed by atoms with Crippen molar-refractivity contribution in [3.8, 4) is 0 Å². The van der Waals surface area contributed by atoms with Gasteiger partial charge in [-0.2, -0.15) is 0 Å². The summed E-state index contributed by atoms with van der Waals surface area (Å²) in [5.41, 5.74) is 0.480. The first-order valence-corrected chi connectivity index (χ1v) is 5.53. The van der Waals surface area contributed by atoms with Crippen LogP contribution in [0.5, 0.6) is 0 Å². The molecule has 0 radical (unpaired) electrons. The van der Waals surface area contributed by atoms with Gasteiger partial charge in [0.25, 0.3) is 0 Å². The Kier molecular flexibility index (Phi) is 1.47. The normalized spacial score (nSPS) is 32.2. The van der Waals surface area contributed by atoms with E-state index in [1.807, 2.05) is 6.08 Å². The largest absolute Gasteiger partial charge is 0.295 e. The Hall–Kier alpha value is -0.590. The van der Waals surface area contributed by atoms with Crippen LogP contribution < -0.4 is 0 Å². The van der Waals surface area contributed by atoms with E-state index >= 15 is 0 Å². The van der Waals surface area contributed by atoms with Crippen LogP contribution in [0.1, 0.15) is 38.5 Å². The van der Waals surface area contributed by atoms with Gasteiger partial charge in [0.15, 0.2) is 5.78 Å². The highest BCUT2D eigenvalue weighted by Gasteiger charge is 2.52. The molecule has 0 aromatic heterocycles. The molecule has 13 heavy (non-hydrogen) atoms. The van der Waals surface area contributed by atoms with Crippen LogP contribution in [0.3, 0.4) is 0 Å².